The van der Waals surface area contributed by atoms with E-state index in [1.807, 2.05) is 180 Å². The van der Waals surface area contributed by atoms with Gasteiger partial charge in [-0.1, -0.05) is 46.1 Å². The standard InChI is InChI=1S/2C10H16N.C9H14N.C6H11N2.3C5H9N2.C4H6N2/c1-3-4-7-11-8-5-10(2)6-9-11;1-3-4-7-11-8-5-6-10(2)9-11;1-2-3-7-10-8-5-4-6-9-10;1-3-8-5-4-7(2)6-8;3*1-6-3-4-7(2)5-6;1-6-3-2-5-4-6/h2*5-6,8-9H,3-4,7H2,1-2H3;4-6,8-9H,2-3,7H2,1H3;4-6H,3H2,1-2H3;3*3-5H,1-2H3;2-4H,1H3/q7*+1;/p+1. The number of imidazole rings is 5. The SMILES string of the molecule is CCCC[n+]1ccc(C)cc1.CCCC[n+]1cccc(C)c1.CCCC[n+]1ccccc1.CCn1cc[n+](C)c1.C[n+]1cc[nH]c1.Cn1cc[n+](C)c1.Cn1cc[n+](C)c1.Cn1cc[n+](C)c1. The first-order valence-electron chi connectivity index (χ1n) is 23.9. The minimum absolute atomic E-state index is 1.06. The minimum Gasteiger partial charge on any atom is -0.250 e. The molecule has 0 aromatic carbocycles. The Morgan fingerprint density at radius 3 is 1.16 bits per heavy atom. The van der Waals surface area contributed by atoms with Gasteiger partial charge >= 0.3 is 0 Å². The summed E-state index contributed by atoms with van der Waals surface area (Å²) in [6.45, 7) is 17.5. The normalized spacial score (nSPS) is 9.64. The molecule has 0 amide bonds. The monoisotopic (exact) mass is 922 g/mol. The molecule has 0 aliphatic rings. The maximum atomic E-state index is 2.89. The van der Waals surface area contributed by atoms with Crippen LogP contribution < -0.4 is 36.5 Å². The number of hydrogen-bond acceptors (Lipinski definition) is 0. The number of nitrogens with one attached hydrogen (secondary N) is 1. The molecule has 8 rings (SSSR count). The second-order valence-electron chi connectivity index (χ2n) is 16.8. The maximum Gasteiger partial charge on any atom is 0.243 e. The zero-order chi connectivity index (χ0) is 49.7. The van der Waals surface area contributed by atoms with Crippen molar-refractivity contribution in [1.29, 1.82) is 0 Å². The first-order valence-corrected chi connectivity index (χ1v) is 23.9. The Bertz CT molecular complexity index is 2180. The van der Waals surface area contributed by atoms with E-state index in [1.54, 1.807) is 0 Å². The van der Waals surface area contributed by atoms with E-state index in [-0.39, 0.29) is 0 Å². The average Bonchev–Trinajstić information content (AvgIpc) is 4.20. The van der Waals surface area contributed by atoms with Crippen LogP contribution in [0.4, 0.5) is 0 Å². The molecule has 0 saturated heterocycles. The van der Waals surface area contributed by atoms with Gasteiger partial charge in [0.05, 0.1) is 62.9 Å². The summed E-state index contributed by atoms with van der Waals surface area (Å²) in [5.74, 6) is 0. The summed E-state index contributed by atoms with van der Waals surface area (Å²) in [7, 11) is 16.0. The smallest absolute Gasteiger partial charge is 0.243 e. The van der Waals surface area contributed by atoms with Gasteiger partial charge < -0.3 is 0 Å². The Morgan fingerprint density at radius 1 is 0.433 bits per heavy atom. The summed E-state index contributed by atoms with van der Waals surface area (Å²) in [6, 6.07) is 14.7. The molecule has 0 aliphatic carbocycles. The van der Waals surface area contributed by atoms with E-state index in [4.69, 9.17) is 0 Å². The van der Waals surface area contributed by atoms with E-state index in [0.717, 1.165) is 26.2 Å². The zero-order valence-corrected chi connectivity index (χ0v) is 44.1. The lowest BCUT2D eigenvalue weighted by Crippen LogP contribution is -2.32. The van der Waals surface area contributed by atoms with Gasteiger partial charge in [0, 0.05) is 55.2 Å². The van der Waals surface area contributed by atoms with Gasteiger partial charge in [0.15, 0.2) is 37.2 Å². The van der Waals surface area contributed by atoms with Crippen molar-refractivity contribution in [2.45, 2.75) is 106 Å². The number of aryl methyl sites for hydroxylation is 14. The molecule has 0 fully saturated rings. The van der Waals surface area contributed by atoms with Gasteiger partial charge in [0.2, 0.25) is 31.6 Å². The molecular formula is C54H91N13+8. The second kappa shape index (κ2) is 36.7. The number of aromatic amines is 1. The predicted octanol–water partition coefficient (Wildman–Crippen LogP) is 5.66. The second-order valence-corrected chi connectivity index (χ2v) is 16.8. The largest absolute Gasteiger partial charge is 0.250 e. The van der Waals surface area contributed by atoms with Crippen LogP contribution in [0.1, 0.15) is 77.3 Å². The number of rotatable bonds is 10. The van der Waals surface area contributed by atoms with E-state index in [9.17, 15) is 0 Å². The van der Waals surface area contributed by atoms with Crippen LogP contribution in [-0.4, -0.2) is 23.3 Å². The summed E-state index contributed by atoms with van der Waals surface area (Å²) < 4.78 is 24.8. The van der Waals surface area contributed by atoms with Gasteiger partial charge in [-0.05, 0) is 32.4 Å². The summed E-state index contributed by atoms with van der Waals surface area (Å²) in [6.07, 6.45) is 50.3. The van der Waals surface area contributed by atoms with Crippen molar-refractivity contribution in [2.75, 3.05) is 0 Å². The van der Waals surface area contributed by atoms with Crippen molar-refractivity contribution >= 4 is 0 Å². The number of pyridine rings is 3. The molecule has 364 valence electrons. The summed E-state index contributed by atoms with van der Waals surface area (Å²) in [4.78, 5) is 2.89. The number of unbranched alkanes of at least 4 members (excludes halogenated alkanes) is 3. The van der Waals surface area contributed by atoms with Crippen LogP contribution in [0.25, 0.3) is 0 Å². The predicted molar refractivity (Wildman–Crippen MR) is 267 cm³/mol. The summed E-state index contributed by atoms with van der Waals surface area (Å²) >= 11 is 0. The fourth-order valence-electron chi connectivity index (χ4n) is 5.86. The number of nitrogens with zero attached hydrogens (tertiary/aromatic N) is 12. The fourth-order valence-corrected chi connectivity index (χ4v) is 5.86. The highest BCUT2D eigenvalue weighted by Crippen LogP contribution is 1.93. The molecule has 13 nitrogen and oxygen atoms in total. The van der Waals surface area contributed by atoms with Crippen LogP contribution in [-0.2, 0) is 82.6 Å². The Kier molecular flexibility index (Phi) is 32.0. The number of aromatic nitrogens is 13. The maximum absolute atomic E-state index is 2.89. The highest BCUT2D eigenvalue weighted by Gasteiger charge is 1.99. The van der Waals surface area contributed by atoms with Crippen molar-refractivity contribution < 1.29 is 36.5 Å². The molecule has 1 N–H and O–H groups in total. The molecule has 0 atom stereocenters. The topological polar surface area (TPSA) is 66.5 Å². The Labute approximate surface area is 405 Å². The van der Waals surface area contributed by atoms with E-state index in [1.165, 1.54) is 49.7 Å². The van der Waals surface area contributed by atoms with Crippen LogP contribution in [0, 0.1) is 13.8 Å². The zero-order valence-electron chi connectivity index (χ0n) is 44.1. The van der Waals surface area contributed by atoms with Gasteiger partial charge in [0.1, 0.15) is 81.6 Å². The molecule has 0 saturated carbocycles. The van der Waals surface area contributed by atoms with E-state index in [2.05, 4.69) is 151 Å². The van der Waals surface area contributed by atoms with Gasteiger partial charge in [-0.15, -0.1) is 0 Å². The Balaban J connectivity index is 0.000000386. The quantitative estimate of drug-likeness (QED) is 0.173. The van der Waals surface area contributed by atoms with Gasteiger partial charge in [-0.2, -0.15) is 0 Å². The average molecular weight is 922 g/mol. The lowest BCUT2D eigenvalue weighted by atomic mass is 10.3. The minimum atomic E-state index is 1.06. The van der Waals surface area contributed by atoms with Crippen molar-refractivity contribution in [2.24, 2.45) is 56.4 Å². The van der Waals surface area contributed by atoms with Crippen molar-refractivity contribution in [3.8, 4) is 0 Å². The molecule has 0 radical (unpaired) electrons. The molecule has 0 aliphatic heterocycles. The molecule has 13 heteroatoms. The Morgan fingerprint density at radius 2 is 0.866 bits per heavy atom. The third-order valence-corrected chi connectivity index (χ3v) is 9.73. The molecule has 0 unspecified atom stereocenters. The van der Waals surface area contributed by atoms with Gasteiger partial charge in [0.25, 0.3) is 0 Å². The van der Waals surface area contributed by atoms with Crippen molar-refractivity contribution in [3.63, 3.8) is 0 Å². The van der Waals surface area contributed by atoms with Gasteiger partial charge in [-0.25, -0.2) is 54.8 Å². The molecule has 8 aromatic rings. The lowest BCUT2D eigenvalue weighted by Gasteiger charge is -1.94. The molecule has 0 spiro atoms. The molecule has 67 heavy (non-hydrogen) atoms. The van der Waals surface area contributed by atoms with E-state index < -0.39 is 0 Å². The van der Waals surface area contributed by atoms with E-state index >= 15 is 0 Å². The number of H-pyrrole nitrogens is 1. The molecule has 8 aromatic heterocycles. The summed E-state index contributed by atoms with van der Waals surface area (Å²) in [5, 5.41) is 0. The lowest BCUT2D eigenvalue weighted by molar-refractivity contribution is -0.697. The van der Waals surface area contributed by atoms with Gasteiger partial charge in [-0.3, -0.25) is 4.98 Å². The van der Waals surface area contributed by atoms with Crippen LogP contribution in [0.15, 0.2) is 173 Å². The molecular weight excluding hydrogens is 831 g/mol. The van der Waals surface area contributed by atoms with Crippen molar-refractivity contribution in [1.82, 2.24) is 23.3 Å². The first kappa shape index (κ1) is 58.5. The van der Waals surface area contributed by atoms with Crippen LogP contribution in [0.3, 0.4) is 0 Å². The fraction of sp³-hybridized carbons (Fsp3) is 0.444. The first-order chi connectivity index (χ1) is 32.2. The highest BCUT2D eigenvalue weighted by atomic mass is 15.1. The highest BCUT2D eigenvalue weighted by molar-refractivity contribution is 5.03. The molecule has 8 heterocycles. The Hall–Kier alpha value is -6.50. The summed E-state index contributed by atoms with van der Waals surface area (Å²) in [5.41, 5.74) is 2.67. The van der Waals surface area contributed by atoms with Crippen LogP contribution in [0.5, 0.6) is 0 Å². The van der Waals surface area contributed by atoms with E-state index in [0.29, 0.717) is 0 Å². The third-order valence-electron chi connectivity index (χ3n) is 9.73. The third kappa shape index (κ3) is 31.9. The van der Waals surface area contributed by atoms with Crippen molar-refractivity contribution in [3.05, 3.63) is 184 Å². The number of hydrogen-bond donors (Lipinski definition) is 1. The van der Waals surface area contributed by atoms with Crippen LogP contribution in [0.2, 0.25) is 0 Å². The van der Waals surface area contributed by atoms with Crippen LogP contribution >= 0.6 is 0 Å². The molecule has 0 bridgehead atoms.